The Hall–Kier alpha value is -2.98. The predicted octanol–water partition coefficient (Wildman–Crippen LogP) is 1.49. The second kappa shape index (κ2) is 7.53. The number of pyridine rings is 1. The second-order valence-electron chi connectivity index (χ2n) is 5.58. The van der Waals surface area contributed by atoms with Gasteiger partial charge in [-0.05, 0) is 20.8 Å². The molecular formula is C13H16FN3O7. The van der Waals surface area contributed by atoms with Crippen molar-refractivity contribution in [1.29, 1.82) is 0 Å². The molecule has 0 aliphatic carbocycles. The van der Waals surface area contributed by atoms with E-state index in [1.165, 1.54) is 0 Å². The summed E-state index contributed by atoms with van der Waals surface area (Å²) in [6.45, 7) is 4.07. The van der Waals surface area contributed by atoms with Gasteiger partial charge in [-0.2, -0.15) is 4.39 Å². The molecule has 1 rings (SSSR count). The minimum absolute atomic E-state index is 0.510. The molecule has 1 heterocycles. The van der Waals surface area contributed by atoms with Crippen LogP contribution in [0, 0.1) is 16.1 Å². The highest BCUT2D eigenvalue weighted by molar-refractivity contribution is 5.80. The Bertz CT molecular complexity index is 645. The van der Waals surface area contributed by atoms with Crippen LogP contribution in [0.15, 0.2) is 12.3 Å². The number of aliphatic carboxylic acids is 1. The van der Waals surface area contributed by atoms with Crippen LogP contribution < -0.4 is 10.1 Å². The topological polar surface area (TPSA) is 141 Å². The van der Waals surface area contributed by atoms with Gasteiger partial charge >= 0.3 is 17.7 Å². The summed E-state index contributed by atoms with van der Waals surface area (Å²) in [6.07, 6.45) is -0.365. The van der Waals surface area contributed by atoms with Gasteiger partial charge in [0.15, 0.2) is 6.04 Å². The van der Waals surface area contributed by atoms with Crippen LogP contribution in [0.3, 0.4) is 0 Å². The number of rotatable bonds is 6. The van der Waals surface area contributed by atoms with Crippen molar-refractivity contribution in [2.24, 2.45) is 0 Å². The molecule has 0 aliphatic heterocycles. The molecule has 0 spiro atoms. The van der Waals surface area contributed by atoms with Crippen molar-refractivity contribution in [3.8, 4) is 5.75 Å². The summed E-state index contributed by atoms with van der Waals surface area (Å²) in [5.74, 6) is -3.01. The van der Waals surface area contributed by atoms with Gasteiger partial charge in [0.2, 0.25) is 11.7 Å². The normalized spacial score (nSPS) is 12.2. The molecule has 0 fully saturated rings. The highest BCUT2D eigenvalue weighted by atomic mass is 19.1. The van der Waals surface area contributed by atoms with E-state index in [4.69, 9.17) is 14.6 Å². The molecule has 1 aromatic heterocycles. The maximum Gasteiger partial charge on any atom is 0.408 e. The van der Waals surface area contributed by atoms with Crippen molar-refractivity contribution in [3.63, 3.8) is 0 Å². The van der Waals surface area contributed by atoms with E-state index < -0.39 is 52.6 Å². The Balaban J connectivity index is 2.81. The lowest BCUT2D eigenvalue weighted by atomic mass is 10.2. The number of nitrogens with one attached hydrogen (secondary N) is 1. The van der Waals surface area contributed by atoms with E-state index in [9.17, 15) is 24.1 Å². The van der Waals surface area contributed by atoms with Gasteiger partial charge < -0.3 is 19.9 Å². The largest absolute Gasteiger partial charge is 0.484 e. The van der Waals surface area contributed by atoms with E-state index >= 15 is 0 Å². The third kappa shape index (κ3) is 6.02. The number of nitrogens with zero attached hydrogens (tertiary/aromatic N) is 2. The fraction of sp³-hybridized carbons (Fsp3) is 0.462. The molecule has 132 valence electrons. The molecular weight excluding hydrogens is 329 g/mol. The molecule has 0 radical (unpaired) electrons. The number of alkyl carbamates (subject to hydrolysis) is 1. The maximum atomic E-state index is 13.1. The van der Waals surface area contributed by atoms with Crippen molar-refractivity contribution in [1.82, 2.24) is 10.3 Å². The average Bonchev–Trinajstić information content (AvgIpc) is 2.40. The van der Waals surface area contributed by atoms with Crippen LogP contribution in [0.25, 0.3) is 0 Å². The minimum Gasteiger partial charge on any atom is -0.484 e. The van der Waals surface area contributed by atoms with Crippen molar-refractivity contribution < 1.29 is 33.5 Å². The first-order chi connectivity index (χ1) is 11.0. The van der Waals surface area contributed by atoms with Gasteiger partial charge in [0.05, 0.1) is 4.92 Å². The van der Waals surface area contributed by atoms with E-state index in [0.717, 1.165) is 0 Å². The number of carbonyl (C=O) groups is 2. The second-order valence-corrected chi connectivity index (χ2v) is 5.58. The molecule has 24 heavy (non-hydrogen) atoms. The molecule has 2 N–H and O–H groups in total. The van der Waals surface area contributed by atoms with E-state index in [1.54, 1.807) is 20.8 Å². The fourth-order valence-corrected chi connectivity index (χ4v) is 1.46. The summed E-state index contributed by atoms with van der Waals surface area (Å²) in [5.41, 5.74) is -1.49. The molecule has 1 atom stereocenters. The van der Waals surface area contributed by atoms with E-state index in [2.05, 4.69) is 4.98 Å². The van der Waals surface area contributed by atoms with Gasteiger partial charge in [-0.1, -0.05) is 0 Å². The number of carbonyl (C=O) groups excluding carboxylic acids is 1. The number of aromatic nitrogens is 1. The minimum atomic E-state index is -1.56. The highest BCUT2D eigenvalue weighted by Gasteiger charge is 2.26. The van der Waals surface area contributed by atoms with E-state index in [1.807, 2.05) is 5.32 Å². The van der Waals surface area contributed by atoms with Crippen LogP contribution >= 0.6 is 0 Å². The summed E-state index contributed by atoms with van der Waals surface area (Å²) < 4.78 is 22.9. The smallest absolute Gasteiger partial charge is 0.408 e. The molecule has 1 aromatic rings. The molecule has 0 bridgehead atoms. The molecule has 10 nitrogen and oxygen atoms in total. The fourth-order valence-electron chi connectivity index (χ4n) is 1.46. The standard InChI is InChI=1S/C13H16FN3O7/c1-13(2,3)24-12(20)16-7(11(18)19)6-23-9-4-10(14)15-5-8(9)17(21)22/h4-5,7H,6H2,1-3H3,(H,16,20)(H,18,19)/t7-/m0/s1. The first kappa shape index (κ1) is 19.1. The zero-order valence-electron chi connectivity index (χ0n) is 13.1. The average molecular weight is 345 g/mol. The number of hydrogen-bond acceptors (Lipinski definition) is 7. The van der Waals surface area contributed by atoms with Gasteiger partial charge in [0.25, 0.3) is 0 Å². The Morgan fingerprint density at radius 1 is 1.50 bits per heavy atom. The molecule has 0 saturated heterocycles. The SMILES string of the molecule is CC(C)(C)OC(=O)N[C@@H](COc1cc(F)ncc1[N+](=O)[O-])C(=O)O. The quantitative estimate of drug-likeness (QED) is 0.449. The number of halogens is 1. The summed E-state index contributed by atoms with van der Waals surface area (Å²) in [5, 5.41) is 21.9. The number of ether oxygens (including phenoxy) is 2. The Labute approximate surface area is 135 Å². The van der Waals surface area contributed by atoms with Crippen LogP contribution in [0.5, 0.6) is 5.75 Å². The number of carboxylic acids is 1. The van der Waals surface area contributed by atoms with Crippen molar-refractivity contribution in [3.05, 3.63) is 28.3 Å². The number of nitro groups is 1. The Kier molecular flexibility index (Phi) is 5.98. The molecule has 0 saturated carbocycles. The zero-order chi connectivity index (χ0) is 18.5. The van der Waals surface area contributed by atoms with Gasteiger partial charge in [-0.3, -0.25) is 10.1 Å². The zero-order valence-corrected chi connectivity index (χ0v) is 13.1. The first-order valence-electron chi connectivity index (χ1n) is 6.64. The highest BCUT2D eigenvalue weighted by Crippen LogP contribution is 2.26. The van der Waals surface area contributed by atoms with Crippen LogP contribution in [-0.4, -0.2) is 45.3 Å². The van der Waals surface area contributed by atoms with Crippen LogP contribution in [-0.2, 0) is 9.53 Å². The van der Waals surface area contributed by atoms with Crippen molar-refractivity contribution in [2.45, 2.75) is 32.4 Å². The lowest BCUT2D eigenvalue weighted by molar-refractivity contribution is -0.386. The summed E-state index contributed by atoms with van der Waals surface area (Å²) >= 11 is 0. The number of amides is 1. The van der Waals surface area contributed by atoms with Crippen LogP contribution in [0.2, 0.25) is 0 Å². The molecule has 0 unspecified atom stereocenters. The first-order valence-corrected chi connectivity index (χ1v) is 6.64. The van der Waals surface area contributed by atoms with Crippen molar-refractivity contribution in [2.75, 3.05) is 6.61 Å². The lowest BCUT2D eigenvalue weighted by Crippen LogP contribution is -2.46. The number of hydrogen-bond donors (Lipinski definition) is 2. The molecule has 11 heteroatoms. The lowest BCUT2D eigenvalue weighted by Gasteiger charge is -2.22. The third-order valence-corrected chi connectivity index (χ3v) is 2.40. The molecule has 0 aromatic carbocycles. The maximum absolute atomic E-state index is 13.1. The van der Waals surface area contributed by atoms with Crippen LogP contribution in [0.1, 0.15) is 20.8 Å². The summed E-state index contributed by atoms with van der Waals surface area (Å²) in [7, 11) is 0. The predicted molar refractivity (Wildman–Crippen MR) is 77.1 cm³/mol. The summed E-state index contributed by atoms with van der Waals surface area (Å²) in [6, 6.07) is -0.916. The van der Waals surface area contributed by atoms with Gasteiger partial charge in [-0.25, -0.2) is 14.6 Å². The van der Waals surface area contributed by atoms with E-state index in [-0.39, 0.29) is 0 Å². The van der Waals surface area contributed by atoms with E-state index in [0.29, 0.717) is 12.3 Å². The van der Waals surface area contributed by atoms with Gasteiger partial charge in [0.1, 0.15) is 18.4 Å². The Morgan fingerprint density at radius 3 is 2.62 bits per heavy atom. The van der Waals surface area contributed by atoms with Gasteiger partial charge in [-0.15, -0.1) is 0 Å². The number of carboxylic acid groups (broad SMARTS) is 1. The summed E-state index contributed by atoms with van der Waals surface area (Å²) in [4.78, 5) is 35.8. The van der Waals surface area contributed by atoms with Gasteiger partial charge in [0, 0.05) is 6.07 Å². The monoisotopic (exact) mass is 345 g/mol. The molecule has 1 amide bonds. The molecule has 0 aliphatic rings. The Morgan fingerprint density at radius 2 is 2.12 bits per heavy atom. The van der Waals surface area contributed by atoms with Crippen molar-refractivity contribution >= 4 is 17.7 Å². The van der Waals surface area contributed by atoms with Crippen LogP contribution in [0.4, 0.5) is 14.9 Å². The third-order valence-electron chi connectivity index (χ3n) is 2.40.